The Morgan fingerprint density at radius 1 is 1.37 bits per heavy atom. The van der Waals surface area contributed by atoms with Gasteiger partial charge in [0.15, 0.2) is 0 Å². The third-order valence-corrected chi connectivity index (χ3v) is 2.89. The van der Waals surface area contributed by atoms with Crippen LogP contribution in [0.25, 0.3) is 0 Å². The molecule has 2 N–H and O–H groups in total. The minimum Gasteiger partial charge on any atom is -0.392 e. The third-order valence-electron chi connectivity index (χ3n) is 2.89. The molecule has 0 heterocycles. The maximum Gasteiger partial charge on any atom is 0.231 e. The number of para-hydroxylation sites is 1. The fourth-order valence-corrected chi connectivity index (χ4v) is 2.08. The van der Waals surface area contributed by atoms with Gasteiger partial charge in [-0.2, -0.15) is 0 Å². The first kappa shape index (κ1) is 15.7. The van der Waals surface area contributed by atoms with Gasteiger partial charge in [0.25, 0.3) is 0 Å². The second-order valence-electron chi connectivity index (χ2n) is 5.75. The lowest BCUT2D eigenvalue weighted by Crippen LogP contribution is -2.42. The Hall–Kier alpha value is -1.39. The summed E-state index contributed by atoms with van der Waals surface area (Å²) in [5, 5.41) is 12.3. The van der Waals surface area contributed by atoms with Crippen molar-refractivity contribution in [2.24, 2.45) is 5.41 Å². The van der Waals surface area contributed by atoms with Crippen LogP contribution in [0.4, 0.5) is 5.69 Å². The molecular weight excluding hydrogens is 240 g/mol. The number of rotatable bonds is 6. The summed E-state index contributed by atoms with van der Waals surface area (Å²) in [7, 11) is 1.91. The molecule has 0 saturated heterocycles. The standard InChI is InChI=1S/C15H24N2O2/c1-12(18)10-17(4)11-15(2,3)14(19)16-13-8-6-5-7-9-13/h5-9,12,18H,10-11H2,1-4H3,(H,16,19). The summed E-state index contributed by atoms with van der Waals surface area (Å²) in [6.07, 6.45) is -0.391. The van der Waals surface area contributed by atoms with E-state index in [0.29, 0.717) is 13.1 Å². The molecule has 1 atom stereocenters. The summed E-state index contributed by atoms with van der Waals surface area (Å²) in [5.41, 5.74) is 0.290. The molecule has 1 aromatic rings. The van der Waals surface area contributed by atoms with Gasteiger partial charge in [-0.3, -0.25) is 4.79 Å². The van der Waals surface area contributed by atoms with Crippen molar-refractivity contribution in [3.05, 3.63) is 30.3 Å². The highest BCUT2D eigenvalue weighted by atomic mass is 16.3. The van der Waals surface area contributed by atoms with Crippen LogP contribution in [0.3, 0.4) is 0 Å². The Bertz CT molecular complexity index is 402. The quantitative estimate of drug-likeness (QED) is 0.826. The van der Waals surface area contributed by atoms with Gasteiger partial charge in [0.2, 0.25) is 5.91 Å². The number of nitrogens with one attached hydrogen (secondary N) is 1. The molecule has 0 aliphatic heterocycles. The van der Waals surface area contributed by atoms with Crippen LogP contribution >= 0.6 is 0 Å². The van der Waals surface area contributed by atoms with Gasteiger partial charge in [-0.15, -0.1) is 0 Å². The van der Waals surface area contributed by atoms with E-state index in [1.165, 1.54) is 0 Å². The fraction of sp³-hybridized carbons (Fsp3) is 0.533. The van der Waals surface area contributed by atoms with Crippen LogP contribution < -0.4 is 5.32 Å². The molecule has 0 aliphatic carbocycles. The molecule has 106 valence electrons. The molecule has 1 unspecified atom stereocenters. The molecule has 0 aliphatic rings. The molecule has 4 nitrogen and oxygen atoms in total. The second-order valence-corrected chi connectivity index (χ2v) is 5.75. The van der Waals surface area contributed by atoms with Crippen molar-refractivity contribution in [3.8, 4) is 0 Å². The molecule has 0 spiro atoms. The van der Waals surface area contributed by atoms with E-state index in [2.05, 4.69) is 5.32 Å². The zero-order chi connectivity index (χ0) is 14.5. The van der Waals surface area contributed by atoms with Gasteiger partial charge in [0.05, 0.1) is 11.5 Å². The Morgan fingerprint density at radius 3 is 2.47 bits per heavy atom. The Balaban J connectivity index is 2.59. The van der Waals surface area contributed by atoms with Crippen molar-refractivity contribution in [3.63, 3.8) is 0 Å². The Kier molecular flexibility index (Phi) is 5.51. The van der Waals surface area contributed by atoms with Gasteiger partial charge in [0.1, 0.15) is 0 Å². The average Bonchev–Trinajstić information content (AvgIpc) is 2.28. The van der Waals surface area contributed by atoms with Gasteiger partial charge in [-0.1, -0.05) is 18.2 Å². The zero-order valence-corrected chi connectivity index (χ0v) is 12.2. The highest BCUT2D eigenvalue weighted by molar-refractivity contribution is 5.94. The minimum absolute atomic E-state index is 0.0175. The number of benzene rings is 1. The van der Waals surface area contributed by atoms with Crippen LogP contribution in [0.1, 0.15) is 20.8 Å². The maximum absolute atomic E-state index is 12.3. The van der Waals surface area contributed by atoms with Crippen LogP contribution in [0.5, 0.6) is 0 Å². The average molecular weight is 264 g/mol. The number of anilines is 1. The van der Waals surface area contributed by atoms with Gasteiger partial charge >= 0.3 is 0 Å². The first-order valence-electron chi connectivity index (χ1n) is 6.54. The number of aliphatic hydroxyl groups excluding tert-OH is 1. The summed E-state index contributed by atoms with van der Waals surface area (Å²) in [6, 6.07) is 9.43. The first-order chi connectivity index (χ1) is 8.81. The van der Waals surface area contributed by atoms with Crippen molar-refractivity contribution >= 4 is 11.6 Å². The third kappa shape index (κ3) is 5.41. The Labute approximate surface area is 115 Å². The van der Waals surface area contributed by atoms with Crippen LogP contribution in [-0.4, -0.2) is 42.2 Å². The van der Waals surface area contributed by atoms with Crippen molar-refractivity contribution < 1.29 is 9.90 Å². The smallest absolute Gasteiger partial charge is 0.231 e. The number of likely N-dealkylation sites (N-methyl/N-ethyl adjacent to an activating group) is 1. The van der Waals surface area contributed by atoms with Crippen LogP contribution in [0.2, 0.25) is 0 Å². The van der Waals surface area contributed by atoms with E-state index < -0.39 is 11.5 Å². The molecule has 0 saturated carbocycles. The monoisotopic (exact) mass is 264 g/mol. The van der Waals surface area contributed by atoms with E-state index in [0.717, 1.165) is 5.69 Å². The number of aliphatic hydroxyl groups is 1. The molecule has 0 aromatic heterocycles. The van der Waals surface area contributed by atoms with E-state index in [9.17, 15) is 9.90 Å². The normalized spacial score (nSPS) is 13.4. The van der Waals surface area contributed by atoms with Crippen LogP contribution in [0, 0.1) is 5.41 Å². The molecule has 1 rings (SSSR count). The lowest BCUT2D eigenvalue weighted by molar-refractivity contribution is -0.124. The SMILES string of the molecule is CC(O)CN(C)CC(C)(C)C(=O)Nc1ccccc1. The van der Waals surface area contributed by atoms with Crippen molar-refractivity contribution in [1.29, 1.82) is 0 Å². The summed E-state index contributed by atoms with van der Waals surface area (Å²) >= 11 is 0. The number of amides is 1. The lowest BCUT2D eigenvalue weighted by atomic mass is 9.91. The highest BCUT2D eigenvalue weighted by Crippen LogP contribution is 2.19. The molecule has 0 radical (unpaired) electrons. The number of nitrogens with zero attached hydrogens (tertiary/aromatic N) is 1. The summed E-state index contributed by atoms with van der Waals surface area (Å²) in [5.74, 6) is -0.0175. The van der Waals surface area contributed by atoms with Gasteiger partial charge < -0.3 is 15.3 Å². The maximum atomic E-state index is 12.3. The van der Waals surface area contributed by atoms with Crippen molar-refractivity contribution in [1.82, 2.24) is 4.90 Å². The zero-order valence-electron chi connectivity index (χ0n) is 12.2. The van der Waals surface area contributed by atoms with E-state index in [1.54, 1.807) is 6.92 Å². The largest absolute Gasteiger partial charge is 0.392 e. The van der Waals surface area contributed by atoms with Crippen LogP contribution in [-0.2, 0) is 4.79 Å². The fourth-order valence-electron chi connectivity index (χ4n) is 2.08. The van der Waals surface area contributed by atoms with E-state index in [1.807, 2.05) is 56.1 Å². The second kappa shape index (κ2) is 6.68. The number of hydrogen-bond acceptors (Lipinski definition) is 3. The first-order valence-corrected chi connectivity index (χ1v) is 6.54. The number of carbonyl (C=O) groups excluding carboxylic acids is 1. The molecule has 4 heteroatoms. The predicted molar refractivity (Wildman–Crippen MR) is 78.0 cm³/mol. The molecular formula is C15H24N2O2. The molecule has 1 aromatic carbocycles. The lowest BCUT2D eigenvalue weighted by Gasteiger charge is -2.29. The van der Waals surface area contributed by atoms with E-state index >= 15 is 0 Å². The summed E-state index contributed by atoms with van der Waals surface area (Å²) in [6.45, 7) is 6.71. The summed E-state index contributed by atoms with van der Waals surface area (Å²) in [4.78, 5) is 14.2. The van der Waals surface area contributed by atoms with Crippen molar-refractivity contribution in [2.45, 2.75) is 26.9 Å². The van der Waals surface area contributed by atoms with Gasteiger partial charge in [-0.25, -0.2) is 0 Å². The molecule has 1 amide bonds. The topological polar surface area (TPSA) is 52.6 Å². The summed E-state index contributed by atoms with van der Waals surface area (Å²) < 4.78 is 0. The van der Waals surface area contributed by atoms with Crippen molar-refractivity contribution in [2.75, 3.05) is 25.5 Å². The van der Waals surface area contributed by atoms with Gasteiger partial charge in [0, 0.05) is 18.8 Å². The predicted octanol–water partition coefficient (Wildman–Crippen LogP) is 1.96. The number of hydrogen-bond donors (Lipinski definition) is 2. The van der Waals surface area contributed by atoms with Crippen LogP contribution in [0.15, 0.2) is 30.3 Å². The van der Waals surface area contributed by atoms with E-state index in [4.69, 9.17) is 0 Å². The van der Waals surface area contributed by atoms with Gasteiger partial charge in [-0.05, 0) is 40.0 Å². The number of carbonyl (C=O) groups is 1. The van der Waals surface area contributed by atoms with E-state index in [-0.39, 0.29) is 5.91 Å². The minimum atomic E-state index is -0.514. The Morgan fingerprint density at radius 2 is 1.95 bits per heavy atom. The molecule has 0 bridgehead atoms. The molecule has 19 heavy (non-hydrogen) atoms. The highest BCUT2D eigenvalue weighted by Gasteiger charge is 2.29. The molecule has 0 fully saturated rings.